The van der Waals surface area contributed by atoms with Crippen LogP contribution in [0.3, 0.4) is 0 Å². The van der Waals surface area contributed by atoms with Crippen molar-refractivity contribution in [2.24, 2.45) is 0 Å². The molecule has 0 radical (unpaired) electrons. The van der Waals surface area contributed by atoms with Crippen LogP contribution in [0.5, 0.6) is 11.5 Å². The van der Waals surface area contributed by atoms with Gasteiger partial charge in [0.15, 0.2) is 11.5 Å². The fourth-order valence-electron chi connectivity index (χ4n) is 2.19. The van der Waals surface area contributed by atoms with Crippen molar-refractivity contribution in [1.29, 1.82) is 0 Å². The number of amides is 1. The maximum atomic E-state index is 11.9. The lowest BCUT2D eigenvalue weighted by Gasteiger charge is -2.18. The van der Waals surface area contributed by atoms with E-state index in [0.29, 0.717) is 24.8 Å². The highest BCUT2D eigenvalue weighted by Crippen LogP contribution is 2.30. The number of benzene rings is 2. The van der Waals surface area contributed by atoms with E-state index in [9.17, 15) is 4.79 Å². The third kappa shape index (κ3) is 4.27. The number of hydrogen-bond donors (Lipinski definition) is 1. The molecule has 2 aromatic rings. The predicted molar refractivity (Wildman–Crippen MR) is 89.8 cm³/mol. The van der Waals surface area contributed by atoms with Crippen LogP contribution in [0.2, 0.25) is 5.02 Å². The molecule has 0 spiro atoms. The lowest BCUT2D eigenvalue weighted by Crippen LogP contribution is -2.20. The second-order valence-corrected chi connectivity index (χ2v) is 5.52. The zero-order valence-electron chi connectivity index (χ0n) is 12.4. The van der Waals surface area contributed by atoms with Crippen LogP contribution in [0.15, 0.2) is 48.5 Å². The van der Waals surface area contributed by atoms with E-state index in [0.717, 1.165) is 22.6 Å². The van der Waals surface area contributed by atoms with Gasteiger partial charge in [0, 0.05) is 17.6 Å². The number of halogens is 1. The molecule has 1 amide bonds. The monoisotopic (exact) mass is 329 g/mol. The van der Waals surface area contributed by atoms with E-state index in [4.69, 9.17) is 21.1 Å². The van der Waals surface area contributed by atoms with Gasteiger partial charge in [-0.25, -0.2) is 0 Å². The molecular weight excluding hydrogens is 314 g/mol. The number of carbonyl (C=O) groups is 1. The Morgan fingerprint density at radius 2 is 1.83 bits per heavy atom. The maximum absolute atomic E-state index is 11.9. The molecule has 0 fully saturated rings. The van der Waals surface area contributed by atoms with Gasteiger partial charge >= 0.3 is 0 Å². The molecule has 3 rings (SSSR count). The molecule has 0 bridgehead atoms. The summed E-state index contributed by atoms with van der Waals surface area (Å²) in [6, 6.07) is 12.9. The molecule has 1 aliphatic heterocycles. The van der Waals surface area contributed by atoms with Crippen LogP contribution in [0, 0.1) is 0 Å². The summed E-state index contributed by atoms with van der Waals surface area (Å²) in [5.41, 5.74) is 1.88. The minimum atomic E-state index is -0.158. The lowest BCUT2D eigenvalue weighted by atomic mass is 10.2. The molecular formula is C18H16ClNO3. The predicted octanol–water partition coefficient (Wildman–Crippen LogP) is 3.44. The van der Waals surface area contributed by atoms with E-state index in [1.54, 1.807) is 18.2 Å². The molecule has 1 aliphatic rings. The molecule has 0 aromatic heterocycles. The largest absolute Gasteiger partial charge is 0.486 e. The fourth-order valence-corrected chi connectivity index (χ4v) is 2.32. The molecule has 0 aliphatic carbocycles. The maximum Gasteiger partial charge on any atom is 0.244 e. The summed E-state index contributed by atoms with van der Waals surface area (Å²) >= 11 is 5.82. The first-order valence-corrected chi connectivity index (χ1v) is 7.68. The van der Waals surface area contributed by atoms with Gasteiger partial charge in [0.1, 0.15) is 13.2 Å². The number of hydrogen-bond acceptors (Lipinski definition) is 3. The van der Waals surface area contributed by atoms with Gasteiger partial charge in [0.05, 0.1) is 0 Å². The molecule has 2 aromatic carbocycles. The van der Waals surface area contributed by atoms with Crippen molar-refractivity contribution in [3.63, 3.8) is 0 Å². The van der Waals surface area contributed by atoms with Gasteiger partial charge in [-0.15, -0.1) is 0 Å². The summed E-state index contributed by atoms with van der Waals surface area (Å²) in [6.07, 6.45) is 3.25. The third-order valence-corrected chi connectivity index (χ3v) is 3.62. The minimum Gasteiger partial charge on any atom is -0.486 e. The molecule has 0 unspecified atom stereocenters. The van der Waals surface area contributed by atoms with Gasteiger partial charge in [-0.05, 0) is 41.5 Å². The van der Waals surface area contributed by atoms with Crippen molar-refractivity contribution >= 4 is 23.6 Å². The van der Waals surface area contributed by atoms with E-state index in [1.165, 1.54) is 6.08 Å². The number of ether oxygens (including phenoxy) is 2. The zero-order valence-corrected chi connectivity index (χ0v) is 13.2. The average molecular weight is 330 g/mol. The Labute approximate surface area is 139 Å². The second-order valence-electron chi connectivity index (χ2n) is 5.08. The van der Waals surface area contributed by atoms with Crippen LogP contribution >= 0.6 is 11.6 Å². The Balaban J connectivity index is 1.55. The number of carbonyl (C=O) groups excluding carboxylic acids is 1. The summed E-state index contributed by atoms with van der Waals surface area (Å²) in [5.74, 6) is 1.31. The second kappa shape index (κ2) is 7.20. The summed E-state index contributed by atoms with van der Waals surface area (Å²) in [4.78, 5) is 11.9. The normalized spacial score (nSPS) is 13.1. The minimum absolute atomic E-state index is 0.158. The number of fused-ring (bicyclic) bond motifs is 1. The quantitative estimate of drug-likeness (QED) is 0.874. The average Bonchev–Trinajstić information content (AvgIpc) is 2.59. The van der Waals surface area contributed by atoms with Crippen LogP contribution in [0.1, 0.15) is 11.1 Å². The molecule has 5 heteroatoms. The number of nitrogens with one attached hydrogen (secondary N) is 1. The highest BCUT2D eigenvalue weighted by Gasteiger charge is 2.11. The van der Waals surface area contributed by atoms with Gasteiger partial charge in [-0.3, -0.25) is 4.79 Å². The van der Waals surface area contributed by atoms with Crippen molar-refractivity contribution in [3.8, 4) is 11.5 Å². The molecule has 0 saturated heterocycles. The molecule has 0 saturated carbocycles. The van der Waals surface area contributed by atoms with Crippen molar-refractivity contribution in [2.45, 2.75) is 6.54 Å². The van der Waals surface area contributed by atoms with Crippen LogP contribution in [0.25, 0.3) is 6.08 Å². The highest BCUT2D eigenvalue weighted by atomic mass is 35.5. The Morgan fingerprint density at radius 1 is 1.09 bits per heavy atom. The first kappa shape index (κ1) is 15.4. The highest BCUT2D eigenvalue weighted by molar-refractivity contribution is 6.30. The summed E-state index contributed by atoms with van der Waals surface area (Å²) in [5, 5.41) is 3.51. The van der Waals surface area contributed by atoms with Crippen molar-refractivity contribution in [3.05, 3.63) is 64.7 Å². The molecule has 118 valence electrons. The van der Waals surface area contributed by atoms with Crippen LogP contribution < -0.4 is 14.8 Å². The van der Waals surface area contributed by atoms with Crippen LogP contribution in [-0.4, -0.2) is 19.1 Å². The summed E-state index contributed by atoms with van der Waals surface area (Å²) < 4.78 is 11.0. The van der Waals surface area contributed by atoms with E-state index in [-0.39, 0.29) is 5.91 Å². The summed E-state index contributed by atoms with van der Waals surface area (Å²) in [6.45, 7) is 1.55. The Hall–Kier alpha value is -2.46. The standard InChI is InChI=1S/C18H16ClNO3/c19-15-5-1-13(2-6-15)4-8-18(21)20-12-14-3-7-16-17(11-14)23-10-9-22-16/h1-8,11H,9-10,12H2,(H,20,21). The zero-order chi connectivity index (χ0) is 16.1. The summed E-state index contributed by atoms with van der Waals surface area (Å²) in [7, 11) is 0. The lowest BCUT2D eigenvalue weighted by molar-refractivity contribution is -0.116. The van der Waals surface area contributed by atoms with Gasteiger partial charge < -0.3 is 14.8 Å². The van der Waals surface area contributed by atoms with Crippen molar-refractivity contribution in [1.82, 2.24) is 5.32 Å². The smallest absolute Gasteiger partial charge is 0.244 e. The van der Waals surface area contributed by atoms with Gasteiger partial charge in [-0.2, -0.15) is 0 Å². The van der Waals surface area contributed by atoms with E-state index in [1.807, 2.05) is 30.3 Å². The molecule has 4 nitrogen and oxygen atoms in total. The molecule has 0 atom stereocenters. The van der Waals surface area contributed by atoms with Crippen molar-refractivity contribution < 1.29 is 14.3 Å². The molecule has 1 heterocycles. The van der Waals surface area contributed by atoms with Gasteiger partial charge in [-0.1, -0.05) is 29.8 Å². The third-order valence-electron chi connectivity index (χ3n) is 3.37. The Morgan fingerprint density at radius 3 is 2.61 bits per heavy atom. The van der Waals surface area contributed by atoms with E-state index < -0.39 is 0 Å². The van der Waals surface area contributed by atoms with E-state index in [2.05, 4.69) is 5.32 Å². The van der Waals surface area contributed by atoms with Crippen LogP contribution in [0.4, 0.5) is 0 Å². The first-order valence-electron chi connectivity index (χ1n) is 7.31. The van der Waals surface area contributed by atoms with Gasteiger partial charge in [0.2, 0.25) is 5.91 Å². The van der Waals surface area contributed by atoms with Crippen molar-refractivity contribution in [2.75, 3.05) is 13.2 Å². The first-order chi connectivity index (χ1) is 11.2. The van der Waals surface area contributed by atoms with E-state index >= 15 is 0 Å². The Bertz CT molecular complexity index is 726. The Kier molecular flexibility index (Phi) is 4.83. The number of rotatable bonds is 4. The fraction of sp³-hybridized carbons (Fsp3) is 0.167. The van der Waals surface area contributed by atoms with Gasteiger partial charge in [0.25, 0.3) is 0 Å². The van der Waals surface area contributed by atoms with Crippen LogP contribution in [-0.2, 0) is 11.3 Å². The topological polar surface area (TPSA) is 47.6 Å². The molecule has 23 heavy (non-hydrogen) atoms. The SMILES string of the molecule is O=C(C=Cc1ccc(Cl)cc1)NCc1ccc2c(c1)OCCO2. The molecule has 1 N–H and O–H groups in total.